The van der Waals surface area contributed by atoms with Crippen LogP contribution in [0.3, 0.4) is 0 Å². The summed E-state index contributed by atoms with van der Waals surface area (Å²) in [6.45, 7) is 3.86. The Morgan fingerprint density at radius 1 is 1.28 bits per heavy atom. The number of halogens is 1. The molecule has 0 saturated carbocycles. The molecule has 6 rings (SSSR count). The van der Waals surface area contributed by atoms with Gasteiger partial charge in [-0.05, 0) is 57.2 Å². The standard InChI is InChI=1S/C27H28ClN3O5/c1-16-24(26(32)35-15-17-13-19(31(33)34)6-7-21(17)28)25-20-14-18-5-4-12-30-11-3-2-10-27(18,30)36-23(20)9-8-22(25)29-16/h6-9,13,18,29H,2-5,10-12,14-15H2,1H3. The molecule has 0 bridgehead atoms. The largest absolute Gasteiger partial charge is 0.472 e. The van der Waals surface area contributed by atoms with E-state index in [9.17, 15) is 14.9 Å². The van der Waals surface area contributed by atoms with E-state index in [2.05, 4.69) is 9.88 Å². The molecule has 0 aliphatic carbocycles. The van der Waals surface area contributed by atoms with Crippen LogP contribution in [0.1, 0.15) is 59.3 Å². The Balaban J connectivity index is 1.34. The van der Waals surface area contributed by atoms with Crippen LogP contribution in [0.4, 0.5) is 5.69 Å². The molecular weight excluding hydrogens is 482 g/mol. The Kier molecular flexibility index (Phi) is 5.68. The van der Waals surface area contributed by atoms with E-state index in [1.54, 1.807) is 0 Å². The molecule has 8 nitrogen and oxygen atoms in total. The van der Waals surface area contributed by atoms with Gasteiger partial charge in [-0.3, -0.25) is 15.0 Å². The third-order valence-electron chi connectivity index (χ3n) is 8.12. The number of piperidine rings is 2. The van der Waals surface area contributed by atoms with Crippen LogP contribution < -0.4 is 4.74 Å². The van der Waals surface area contributed by atoms with Gasteiger partial charge in [0.05, 0.1) is 10.5 Å². The number of hydrogen-bond acceptors (Lipinski definition) is 6. The molecule has 3 aliphatic rings. The van der Waals surface area contributed by atoms with Crippen LogP contribution in [0.5, 0.6) is 5.75 Å². The van der Waals surface area contributed by atoms with Gasteiger partial charge < -0.3 is 14.5 Å². The fourth-order valence-electron chi connectivity index (χ4n) is 6.47. The van der Waals surface area contributed by atoms with Crippen molar-refractivity contribution in [3.63, 3.8) is 0 Å². The molecule has 3 aromatic rings. The Morgan fingerprint density at radius 3 is 2.94 bits per heavy atom. The Hall–Kier alpha value is -3.10. The average molecular weight is 510 g/mol. The minimum Gasteiger partial charge on any atom is -0.472 e. The molecule has 2 unspecified atom stereocenters. The first-order valence-electron chi connectivity index (χ1n) is 12.6. The van der Waals surface area contributed by atoms with Crippen LogP contribution in [0.15, 0.2) is 30.3 Å². The molecule has 36 heavy (non-hydrogen) atoms. The lowest BCUT2D eigenvalue weighted by Gasteiger charge is -2.56. The van der Waals surface area contributed by atoms with E-state index in [0.29, 0.717) is 22.1 Å². The predicted octanol–water partition coefficient (Wildman–Crippen LogP) is 5.92. The highest BCUT2D eigenvalue weighted by Crippen LogP contribution is 2.50. The monoisotopic (exact) mass is 509 g/mol. The molecule has 0 amide bonds. The maximum absolute atomic E-state index is 13.4. The maximum atomic E-state index is 13.4. The number of aromatic amines is 1. The molecule has 188 valence electrons. The fraction of sp³-hybridized carbons (Fsp3) is 0.444. The lowest BCUT2D eigenvalue weighted by Crippen LogP contribution is -2.64. The summed E-state index contributed by atoms with van der Waals surface area (Å²) >= 11 is 6.21. The highest BCUT2D eigenvalue weighted by Gasteiger charge is 2.52. The van der Waals surface area contributed by atoms with Crippen molar-refractivity contribution in [2.75, 3.05) is 13.1 Å². The number of H-pyrrole nitrogens is 1. The number of carbonyl (C=O) groups excluding carboxylic acids is 1. The van der Waals surface area contributed by atoms with E-state index < -0.39 is 10.9 Å². The lowest BCUT2D eigenvalue weighted by molar-refractivity contribution is -0.384. The van der Waals surface area contributed by atoms with Crippen molar-refractivity contribution in [2.24, 2.45) is 5.92 Å². The lowest BCUT2D eigenvalue weighted by atomic mass is 9.74. The van der Waals surface area contributed by atoms with Gasteiger partial charge in [-0.15, -0.1) is 0 Å². The minimum absolute atomic E-state index is 0.0990. The Labute approximate surface area is 213 Å². The van der Waals surface area contributed by atoms with Crippen molar-refractivity contribution in [3.05, 3.63) is 67.9 Å². The predicted molar refractivity (Wildman–Crippen MR) is 135 cm³/mol. The smallest absolute Gasteiger partial charge is 0.340 e. The fourth-order valence-corrected chi connectivity index (χ4v) is 6.64. The molecule has 9 heteroatoms. The van der Waals surface area contributed by atoms with Crippen LogP contribution in [0, 0.1) is 23.0 Å². The summed E-state index contributed by atoms with van der Waals surface area (Å²) in [5.74, 6) is 0.743. The number of esters is 1. The topological polar surface area (TPSA) is 97.7 Å². The van der Waals surface area contributed by atoms with Crippen molar-refractivity contribution >= 4 is 34.2 Å². The number of non-ortho nitro benzene ring substituents is 1. The zero-order valence-electron chi connectivity index (χ0n) is 20.1. The number of nitrogens with zero attached hydrogens (tertiary/aromatic N) is 2. The Bertz CT molecular complexity index is 1380. The van der Waals surface area contributed by atoms with Crippen molar-refractivity contribution in [1.82, 2.24) is 9.88 Å². The van der Waals surface area contributed by atoms with E-state index in [0.717, 1.165) is 66.7 Å². The molecule has 4 heterocycles. The van der Waals surface area contributed by atoms with Crippen LogP contribution in [-0.4, -0.2) is 39.6 Å². The first-order chi connectivity index (χ1) is 17.4. The van der Waals surface area contributed by atoms with Crippen LogP contribution in [0.2, 0.25) is 5.02 Å². The molecule has 1 N–H and O–H groups in total. The van der Waals surface area contributed by atoms with Crippen LogP contribution >= 0.6 is 11.6 Å². The summed E-state index contributed by atoms with van der Waals surface area (Å²) < 4.78 is 12.5. The third kappa shape index (κ3) is 3.66. The first-order valence-corrected chi connectivity index (χ1v) is 12.9. The highest BCUT2D eigenvalue weighted by molar-refractivity contribution is 6.31. The van der Waals surface area contributed by atoms with Gasteiger partial charge in [-0.1, -0.05) is 11.6 Å². The van der Waals surface area contributed by atoms with E-state index in [4.69, 9.17) is 21.1 Å². The van der Waals surface area contributed by atoms with Gasteiger partial charge in [0, 0.05) is 70.3 Å². The quantitative estimate of drug-likeness (QED) is 0.266. The SMILES string of the molecule is Cc1[nH]c2ccc3c(c2c1C(=O)OCc1cc([N+](=O)[O-])ccc1Cl)CC1CCCN2CCCCC12O3. The number of hydrogen-bond donors (Lipinski definition) is 1. The number of fused-ring (bicyclic) bond motifs is 3. The normalized spacial score (nSPS) is 23.3. The van der Waals surface area contributed by atoms with Gasteiger partial charge in [0.15, 0.2) is 5.72 Å². The number of nitro benzene ring substituents is 1. The molecular formula is C27H28ClN3O5. The summed E-state index contributed by atoms with van der Waals surface area (Å²) in [5.41, 5.74) is 3.20. The van der Waals surface area contributed by atoms with Gasteiger partial charge in [-0.2, -0.15) is 0 Å². The summed E-state index contributed by atoms with van der Waals surface area (Å²) in [5, 5.41) is 12.3. The summed E-state index contributed by atoms with van der Waals surface area (Å²) in [7, 11) is 0. The molecule has 2 aromatic carbocycles. The second-order valence-electron chi connectivity index (χ2n) is 10.1. The molecule has 2 atom stereocenters. The van der Waals surface area contributed by atoms with E-state index in [1.165, 1.54) is 31.0 Å². The minimum atomic E-state index is -0.497. The van der Waals surface area contributed by atoms with Crippen molar-refractivity contribution in [1.29, 1.82) is 0 Å². The number of aromatic nitrogens is 1. The highest BCUT2D eigenvalue weighted by atomic mass is 35.5. The second-order valence-corrected chi connectivity index (χ2v) is 10.5. The molecule has 1 spiro atoms. The number of nitrogens with one attached hydrogen (secondary N) is 1. The van der Waals surface area contributed by atoms with Gasteiger partial charge in [0.1, 0.15) is 12.4 Å². The number of rotatable bonds is 4. The molecule has 0 radical (unpaired) electrons. The second kappa shape index (κ2) is 8.78. The van der Waals surface area contributed by atoms with Crippen molar-refractivity contribution in [2.45, 2.75) is 57.8 Å². The Morgan fingerprint density at radius 2 is 2.11 bits per heavy atom. The number of benzene rings is 2. The zero-order valence-corrected chi connectivity index (χ0v) is 20.9. The van der Waals surface area contributed by atoms with E-state index >= 15 is 0 Å². The molecule has 3 aliphatic heterocycles. The van der Waals surface area contributed by atoms with Crippen molar-refractivity contribution < 1.29 is 19.2 Å². The van der Waals surface area contributed by atoms with E-state index in [1.807, 2.05) is 19.1 Å². The number of carbonyl (C=O) groups is 1. The van der Waals surface area contributed by atoms with E-state index in [-0.39, 0.29) is 18.0 Å². The third-order valence-corrected chi connectivity index (χ3v) is 8.49. The summed E-state index contributed by atoms with van der Waals surface area (Å²) in [6, 6.07) is 8.11. The number of aryl methyl sites for hydroxylation is 1. The number of ether oxygens (including phenoxy) is 2. The number of nitro groups is 1. The maximum Gasteiger partial charge on any atom is 0.340 e. The van der Waals surface area contributed by atoms with Gasteiger partial charge in [0.2, 0.25) is 0 Å². The van der Waals surface area contributed by atoms with Crippen LogP contribution in [0.25, 0.3) is 10.9 Å². The first kappa shape index (κ1) is 23.3. The zero-order chi connectivity index (χ0) is 25.0. The van der Waals surface area contributed by atoms with Gasteiger partial charge in [-0.25, -0.2) is 4.79 Å². The van der Waals surface area contributed by atoms with Crippen molar-refractivity contribution in [3.8, 4) is 5.75 Å². The van der Waals surface area contributed by atoms with Gasteiger partial charge >= 0.3 is 5.97 Å². The average Bonchev–Trinajstić information content (AvgIpc) is 3.21. The van der Waals surface area contributed by atoms with Crippen LogP contribution in [-0.2, 0) is 17.8 Å². The molecule has 2 saturated heterocycles. The van der Waals surface area contributed by atoms with Gasteiger partial charge in [0.25, 0.3) is 5.69 Å². The summed E-state index contributed by atoms with van der Waals surface area (Å²) in [4.78, 5) is 29.9. The molecule has 1 aromatic heterocycles. The molecule has 2 fully saturated rings. The summed E-state index contributed by atoms with van der Waals surface area (Å²) in [6.07, 6.45) is 6.56.